The van der Waals surface area contributed by atoms with E-state index in [1.807, 2.05) is 49.0 Å². The Morgan fingerprint density at radius 3 is 2.87 bits per heavy atom. The number of amides is 1. The van der Waals surface area contributed by atoms with Gasteiger partial charge in [0.05, 0.1) is 42.6 Å². The van der Waals surface area contributed by atoms with Gasteiger partial charge in [-0.3, -0.25) is 9.69 Å². The fraction of sp³-hybridized carbons (Fsp3) is 0.370. The van der Waals surface area contributed by atoms with Gasteiger partial charge < -0.3 is 14.9 Å². The molecule has 11 heteroatoms. The number of nitrogen functional groups attached to an aromatic ring is 1. The summed E-state index contributed by atoms with van der Waals surface area (Å²) in [4.78, 5) is 23.0. The van der Waals surface area contributed by atoms with Crippen LogP contribution < -0.4 is 5.73 Å². The fourth-order valence-electron chi connectivity index (χ4n) is 4.96. The number of hydrogen-bond donors (Lipinski definition) is 1. The van der Waals surface area contributed by atoms with Crippen LogP contribution in [0, 0.1) is 6.92 Å². The number of carbonyl (C=O) groups excluding carboxylic acids is 1. The van der Waals surface area contributed by atoms with Crippen LogP contribution in [0.1, 0.15) is 36.8 Å². The molecule has 4 aromatic rings. The molecule has 1 fully saturated rings. The first-order valence-electron chi connectivity index (χ1n) is 12.8. The average molecular weight is 516 g/mol. The van der Waals surface area contributed by atoms with Gasteiger partial charge in [0.15, 0.2) is 5.65 Å². The standard InChI is InChI=1S/C27H33N9O2/c1-4-7-23(32-34(18-37)11-10-33-12-14-38-15-13-33)25-22(16-21-8-5-6-9-35(21)25)20(3)36-27-24(19(2)31-36)26(28)29-17-30-27/h4-9,16-18,20H,10-15H2,1-3H3,(H2,28,29,30)/b7-4-,32-23+. The molecule has 0 saturated carbocycles. The molecule has 0 spiro atoms. The molecular formula is C27H33N9O2. The van der Waals surface area contributed by atoms with Crippen LogP contribution in [0.4, 0.5) is 5.82 Å². The van der Waals surface area contributed by atoms with Gasteiger partial charge in [0.2, 0.25) is 6.41 Å². The van der Waals surface area contributed by atoms with Crippen LogP contribution in [0.25, 0.3) is 16.6 Å². The number of fused-ring (bicyclic) bond motifs is 2. The van der Waals surface area contributed by atoms with Crippen LogP contribution in [0.5, 0.6) is 0 Å². The molecule has 5 rings (SSSR count). The van der Waals surface area contributed by atoms with E-state index in [1.54, 1.807) is 0 Å². The predicted molar refractivity (Wildman–Crippen MR) is 147 cm³/mol. The lowest BCUT2D eigenvalue weighted by atomic mass is 10.1. The molecule has 4 aromatic heterocycles. The average Bonchev–Trinajstić information content (AvgIpc) is 3.49. The first kappa shape index (κ1) is 25.6. The van der Waals surface area contributed by atoms with Crippen molar-refractivity contribution in [2.24, 2.45) is 5.10 Å². The highest BCUT2D eigenvalue weighted by atomic mass is 16.5. The lowest BCUT2D eigenvalue weighted by Crippen LogP contribution is -2.40. The summed E-state index contributed by atoms with van der Waals surface area (Å²) >= 11 is 0. The number of hydrogen-bond acceptors (Lipinski definition) is 8. The highest BCUT2D eigenvalue weighted by molar-refractivity contribution is 6.09. The van der Waals surface area contributed by atoms with Crippen molar-refractivity contribution < 1.29 is 9.53 Å². The van der Waals surface area contributed by atoms with E-state index in [2.05, 4.69) is 38.3 Å². The van der Waals surface area contributed by atoms with Crippen molar-refractivity contribution >= 4 is 34.5 Å². The van der Waals surface area contributed by atoms with E-state index in [-0.39, 0.29) is 6.04 Å². The largest absolute Gasteiger partial charge is 0.383 e. The Hall–Kier alpha value is -4.09. The summed E-state index contributed by atoms with van der Waals surface area (Å²) in [6.45, 7) is 10.3. The zero-order valence-corrected chi connectivity index (χ0v) is 22.0. The molecule has 1 amide bonds. The Kier molecular flexibility index (Phi) is 7.47. The van der Waals surface area contributed by atoms with Gasteiger partial charge in [0, 0.05) is 36.9 Å². The third kappa shape index (κ3) is 4.90. The van der Waals surface area contributed by atoms with E-state index in [9.17, 15) is 4.79 Å². The molecule has 38 heavy (non-hydrogen) atoms. The van der Waals surface area contributed by atoms with Crippen LogP contribution >= 0.6 is 0 Å². The number of hydrazone groups is 1. The maximum atomic E-state index is 12.1. The highest BCUT2D eigenvalue weighted by Gasteiger charge is 2.24. The molecule has 1 aliphatic rings. The van der Waals surface area contributed by atoms with Gasteiger partial charge in [-0.2, -0.15) is 10.2 Å². The molecule has 2 N–H and O–H groups in total. The van der Waals surface area contributed by atoms with Crippen molar-refractivity contribution in [3.05, 3.63) is 65.9 Å². The minimum atomic E-state index is -0.205. The van der Waals surface area contributed by atoms with Crippen molar-refractivity contribution in [1.82, 2.24) is 34.1 Å². The summed E-state index contributed by atoms with van der Waals surface area (Å²) in [5.41, 5.74) is 11.2. The third-order valence-corrected chi connectivity index (χ3v) is 6.89. The van der Waals surface area contributed by atoms with Gasteiger partial charge in [0.25, 0.3) is 0 Å². The van der Waals surface area contributed by atoms with Gasteiger partial charge in [-0.1, -0.05) is 12.1 Å². The highest BCUT2D eigenvalue weighted by Crippen LogP contribution is 2.31. The molecule has 1 atom stereocenters. The predicted octanol–water partition coefficient (Wildman–Crippen LogP) is 2.65. The van der Waals surface area contributed by atoms with Crippen LogP contribution in [0.3, 0.4) is 0 Å². The number of aromatic nitrogens is 5. The molecular weight excluding hydrogens is 482 g/mol. The second-order valence-corrected chi connectivity index (χ2v) is 9.31. The maximum Gasteiger partial charge on any atom is 0.229 e. The second kappa shape index (κ2) is 11.1. The number of carbonyl (C=O) groups is 1. The topological polar surface area (TPSA) is 119 Å². The van der Waals surface area contributed by atoms with E-state index >= 15 is 0 Å². The van der Waals surface area contributed by atoms with Crippen molar-refractivity contribution in [3.63, 3.8) is 0 Å². The number of nitrogens with zero attached hydrogens (tertiary/aromatic N) is 8. The van der Waals surface area contributed by atoms with Crippen LogP contribution in [0.15, 0.2) is 54.0 Å². The quantitative estimate of drug-likeness (QED) is 0.207. The smallest absolute Gasteiger partial charge is 0.229 e. The van der Waals surface area contributed by atoms with Gasteiger partial charge in [0.1, 0.15) is 17.9 Å². The molecule has 5 heterocycles. The molecule has 11 nitrogen and oxygen atoms in total. The van der Waals surface area contributed by atoms with Gasteiger partial charge in [-0.25, -0.2) is 19.7 Å². The first-order valence-corrected chi connectivity index (χ1v) is 12.8. The molecule has 0 aliphatic carbocycles. The van der Waals surface area contributed by atoms with Gasteiger partial charge >= 0.3 is 0 Å². The van der Waals surface area contributed by atoms with Crippen molar-refractivity contribution in [2.45, 2.75) is 26.8 Å². The molecule has 1 aliphatic heterocycles. The Balaban J connectivity index is 1.58. The summed E-state index contributed by atoms with van der Waals surface area (Å²) in [5, 5.41) is 11.8. The maximum absolute atomic E-state index is 12.1. The lowest BCUT2D eigenvalue weighted by molar-refractivity contribution is -0.118. The number of anilines is 1. The van der Waals surface area contributed by atoms with Crippen LogP contribution in [-0.2, 0) is 9.53 Å². The number of morpholine rings is 1. The number of ether oxygens (including phenoxy) is 1. The van der Waals surface area contributed by atoms with Crippen molar-refractivity contribution in [2.75, 3.05) is 45.1 Å². The van der Waals surface area contributed by atoms with Crippen molar-refractivity contribution in [3.8, 4) is 0 Å². The van der Waals surface area contributed by atoms with E-state index in [0.29, 0.717) is 36.9 Å². The monoisotopic (exact) mass is 515 g/mol. The van der Waals surface area contributed by atoms with Gasteiger partial charge in [-0.05, 0) is 45.0 Å². The number of aryl methyl sites for hydroxylation is 1. The summed E-state index contributed by atoms with van der Waals surface area (Å²) in [5.74, 6) is 0.409. The molecule has 0 radical (unpaired) electrons. The molecule has 0 bridgehead atoms. The second-order valence-electron chi connectivity index (χ2n) is 9.31. The molecule has 1 unspecified atom stereocenters. The third-order valence-electron chi connectivity index (χ3n) is 6.89. The minimum Gasteiger partial charge on any atom is -0.383 e. The first-order chi connectivity index (χ1) is 18.5. The number of allylic oxidation sites excluding steroid dienone is 2. The number of pyridine rings is 1. The van der Waals surface area contributed by atoms with E-state index in [1.165, 1.54) is 11.3 Å². The van der Waals surface area contributed by atoms with Gasteiger partial charge in [-0.15, -0.1) is 0 Å². The summed E-state index contributed by atoms with van der Waals surface area (Å²) in [7, 11) is 0. The Bertz CT molecular complexity index is 1500. The zero-order chi connectivity index (χ0) is 26.6. The molecule has 0 aromatic carbocycles. The Labute approximate surface area is 221 Å². The summed E-state index contributed by atoms with van der Waals surface area (Å²) < 4.78 is 9.41. The lowest BCUT2D eigenvalue weighted by Gasteiger charge is -2.27. The van der Waals surface area contributed by atoms with E-state index < -0.39 is 0 Å². The summed E-state index contributed by atoms with van der Waals surface area (Å²) in [6, 6.07) is 7.96. The number of rotatable bonds is 9. The minimum absolute atomic E-state index is 0.205. The SMILES string of the molecule is C/C=C\C(=N/N(C=O)CCN1CCOCC1)c1c(C(C)n2nc(C)c3c(N)ncnc32)cc2ccccn12. The Morgan fingerprint density at radius 1 is 1.29 bits per heavy atom. The molecule has 1 saturated heterocycles. The van der Waals surface area contributed by atoms with E-state index in [0.717, 1.165) is 53.9 Å². The number of nitrogens with two attached hydrogens (primary N) is 1. The van der Waals surface area contributed by atoms with Crippen molar-refractivity contribution in [1.29, 1.82) is 0 Å². The Morgan fingerprint density at radius 2 is 2.11 bits per heavy atom. The molecule has 198 valence electrons. The zero-order valence-electron chi connectivity index (χ0n) is 22.0. The van der Waals surface area contributed by atoms with E-state index in [4.69, 9.17) is 20.7 Å². The summed E-state index contributed by atoms with van der Waals surface area (Å²) in [6.07, 6.45) is 8.12. The van der Waals surface area contributed by atoms with Crippen LogP contribution in [-0.4, -0.2) is 85.6 Å². The normalized spacial score (nSPS) is 16.0. The fourth-order valence-corrected chi connectivity index (χ4v) is 4.96. The van der Waals surface area contributed by atoms with Crippen LogP contribution in [0.2, 0.25) is 0 Å².